The lowest BCUT2D eigenvalue weighted by molar-refractivity contribution is -0.117. The van der Waals surface area contributed by atoms with Gasteiger partial charge in [-0.25, -0.2) is 9.97 Å². The first-order valence-electron chi connectivity index (χ1n) is 7.85. The number of nitrogens with one attached hydrogen (secondary N) is 1. The van der Waals surface area contributed by atoms with Crippen LogP contribution >= 0.6 is 0 Å². The first-order chi connectivity index (χ1) is 12.1. The number of aromatic nitrogens is 2. The van der Waals surface area contributed by atoms with E-state index in [0.717, 1.165) is 12.0 Å². The number of nitrogens with two attached hydrogens (primary N) is 1. The van der Waals surface area contributed by atoms with E-state index in [1.54, 1.807) is 32.7 Å². The standard InChI is InChI=1S/C18H22N4O3/c1-4-14(13-6-7-15(24-2)16(9-13)25-3)22-17(23)8-5-12-10-20-18(19)21-11-12/h5-11,14H,4H2,1-3H3,(H,22,23)(H2,19,20,21)/b8-5+. The number of hydrogen-bond donors (Lipinski definition) is 2. The van der Waals surface area contributed by atoms with Gasteiger partial charge in [-0.1, -0.05) is 13.0 Å². The van der Waals surface area contributed by atoms with Crippen molar-refractivity contribution in [1.29, 1.82) is 0 Å². The first-order valence-corrected chi connectivity index (χ1v) is 7.85. The summed E-state index contributed by atoms with van der Waals surface area (Å²) >= 11 is 0. The van der Waals surface area contributed by atoms with Crippen LogP contribution in [0, 0.1) is 0 Å². The molecular weight excluding hydrogens is 320 g/mol. The molecule has 0 aliphatic heterocycles. The second kappa shape index (κ2) is 8.68. The van der Waals surface area contributed by atoms with Gasteiger partial charge < -0.3 is 20.5 Å². The number of carbonyl (C=O) groups is 1. The average molecular weight is 342 g/mol. The van der Waals surface area contributed by atoms with Crippen molar-refractivity contribution in [3.8, 4) is 11.5 Å². The van der Waals surface area contributed by atoms with Crippen molar-refractivity contribution in [1.82, 2.24) is 15.3 Å². The summed E-state index contributed by atoms with van der Waals surface area (Å²) in [5, 5.41) is 2.97. The highest BCUT2D eigenvalue weighted by molar-refractivity contribution is 5.91. The SMILES string of the molecule is CCC(NC(=O)/C=C/c1cnc(N)nc1)c1ccc(OC)c(OC)c1. The molecule has 0 aliphatic rings. The quantitative estimate of drug-likeness (QED) is 0.749. The number of hydrogen-bond acceptors (Lipinski definition) is 6. The largest absolute Gasteiger partial charge is 0.493 e. The summed E-state index contributed by atoms with van der Waals surface area (Å²) < 4.78 is 10.6. The molecule has 1 heterocycles. The molecule has 1 unspecified atom stereocenters. The Morgan fingerprint density at radius 2 is 1.92 bits per heavy atom. The molecular formula is C18H22N4O3. The minimum Gasteiger partial charge on any atom is -0.493 e. The fraction of sp³-hybridized carbons (Fsp3) is 0.278. The van der Waals surface area contributed by atoms with Gasteiger partial charge in [0.2, 0.25) is 11.9 Å². The predicted octanol–water partition coefficient (Wildman–Crippen LogP) is 2.36. The van der Waals surface area contributed by atoms with Gasteiger partial charge >= 0.3 is 0 Å². The molecule has 7 nitrogen and oxygen atoms in total. The van der Waals surface area contributed by atoms with Crippen molar-refractivity contribution in [3.05, 3.63) is 47.8 Å². The fourth-order valence-corrected chi connectivity index (χ4v) is 2.32. The summed E-state index contributed by atoms with van der Waals surface area (Å²) in [4.78, 5) is 19.9. The average Bonchev–Trinajstić information content (AvgIpc) is 2.65. The number of anilines is 1. The second-order valence-corrected chi connectivity index (χ2v) is 5.29. The highest BCUT2D eigenvalue weighted by Crippen LogP contribution is 2.30. The Morgan fingerprint density at radius 3 is 2.52 bits per heavy atom. The minimum absolute atomic E-state index is 0.139. The Bertz CT molecular complexity index is 744. The maximum atomic E-state index is 12.2. The number of amides is 1. The monoisotopic (exact) mass is 342 g/mol. The topological polar surface area (TPSA) is 99.4 Å². The Morgan fingerprint density at radius 1 is 1.24 bits per heavy atom. The van der Waals surface area contributed by atoms with E-state index in [2.05, 4.69) is 15.3 Å². The summed E-state index contributed by atoms with van der Waals surface area (Å²) in [5.41, 5.74) is 7.07. The lowest BCUT2D eigenvalue weighted by Crippen LogP contribution is -2.26. The van der Waals surface area contributed by atoms with Crippen LogP contribution in [0.25, 0.3) is 6.08 Å². The van der Waals surface area contributed by atoms with Crippen LogP contribution in [0.5, 0.6) is 11.5 Å². The fourth-order valence-electron chi connectivity index (χ4n) is 2.32. The normalized spacial score (nSPS) is 12.0. The lowest BCUT2D eigenvalue weighted by atomic mass is 10.0. The lowest BCUT2D eigenvalue weighted by Gasteiger charge is -2.18. The van der Waals surface area contributed by atoms with E-state index in [1.807, 2.05) is 25.1 Å². The zero-order valence-corrected chi connectivity index (χ0v) is 14.5. The number of methoxy groups -OCH3 is 2. The van der Waals surface area contributed by atoms with Gasteiger partial charge in [-0.15, -0.1) is 0 Å². The molecule has 132 valence electrons. The molecule has 0 spiro atoms. The van der Waals surface area contributed by atoms with Crippen LogP contribution in [0.1, 0.15) is 30.5 Å². The van der Waals surface area contributed by atoms with Crippen LogP contribution in [0.2, 0.25) is 0 Å². The first kappa shape index (κ1) is 18.3. The Balaban J connectivity index is 2.08. The molecule has 1 amide bonds. The van der Waals surface area contributed by atoms with Gasteiger partial charge in [0.25, 0.3) is 0 Å². The van der Waals surface area contributed by atoms with Gasteiger partial charge in [0.15, 0.2) is 11.5 Å². The van der Waals surface area contributed by atoms with Crippen molar-refractivity contribution in [2.75, 3.05) is 20.0 Å². The van der Waals surface area contributed by atoms with Crippen LogP contribution in [0.15, 0.2) is 36.7 Å². The number of carbonyl (C=O) groups excluding carboxylic acids is 1. The van der Waals surface area contributed by atoms with Gasteiger partial charge in [-0.05, 0) is 30.2 Å². The van der Waals surface area contributed by atoms with Crippen LogP contribution in [-0.4, -0.2) is 30.1 Å². The summed E-state index contributed by atoms with van der Waals surface area (Å²) in [6.45, 7) is 2.00. The molecule has 1 aromatic carbocycles. The van der Waals surface area contributed by atoms with Crippen molar-refractivity contribution in [2.24, 2.45) is 0 Å². The van der Waals surface area contributed by atoms with Gasteiger partial charge in [-0.2, -0.15) is 0 Å². The summed E-state index contributed by atoms with van der Waals surface area (Å²) in [6.07, 6.45) is 6.92. The van der Waals surface area contributed by atoms with Crippen LogP contribution in [0.3, 0.4) is 0 Å². The number of nitrogen functional groups attached to an aromatic ring is 1. The van der Waals surface area contributed by atoms with Crippen molar-refractivity contribution < 1.29 is 14.3 Å². The van der Waals surface area contributed by atoms with Crippen molar-refractivity contribution in [2.45, 2.75) is 19.4 Å². The van der Waals surface area contributed by atoms with E-state index >= 15 is 0 Å². The molecule has 0 saturated heterocycles. The third-order valence-electron chi connectivity index (χ3n) is 3.65. The van der Waals surface area contributed by atoms with Gasteiger partial charge in [0.05, 0.1) is 20.3 Å². The van der Waals surface area contributed by atoms with Crippen LogP contribution < -0.4 is 20.5 Å². The maximum Gasteiger partial charge on any atom is 0.244 e. The van der Waals surface area contributed by atoms with E-state index in [-0.39, 0.29) is 17.9 Å². The van der Waals surface area contributed by atoms with Crippen LogP contribution in [0.4, 0.5) is 5.95 Å². The Labute approximate surface area is 146 Å². The minimum atomic E-state index is -0.210. The summed E-state index contributed by atoms with van der Waals surface area (Å²) in [7, 11) is 3.17. The third-order valence-corrected chi connectivity index (χ3v) is 3.65. The molecule has 0 saturated carbocycles. The molecule has 25 heavy (non-hydrogen) atoms. The summed E-state index contributed by atoms with van der Waals surface area (Å²) in [6, 6.07) is 5.46. The van der Waals surface area contributed by atoms with Crippen LogP contribution in [-0.2, 0) is 4.79 Å². The molecule has 0 bridgehead atoms. The molecule has 0 radical (unpaired) electrons. The molecule has 7 heteroatoms. The Kier molecular flexibility index (Phi) is 6.33. The van der Waals surface area contributed by atoms with Crippen molar-refractivity contribution in [3.63, 3.8) is 0 Å². The molecule has 3 N–H and O–H groups in total. The zero-order valence-electron chi connectivity index (χ0n) is 14.5. The number of rotatable bonds is 7. The Hall–Kier alpha value is -3.09. The molecule has 0 fully saturated rings. The van der Waals surface area contributed by atoms with E-state index in [4.69, 9.17) is 15.2 Å². The van der Waals surface area contributed by atoms with Gasteiger partial charge in [0.1, 0.15) is 0 Å². The van der Waals surface area contributed by atoms with E-state index in [9.17, 15) is 4.79 Å². The van der Waals surface area contributed by atoms with E-state index < -0.39 is 0 Å². The molecule has 2 rings (SSSR count). The second-order valence-electron chi connectivity index (χ2n) is 5.29. The summed E-state index contributed by atoms with van der Waals surface area (Å²) in [5.74, 6) is 1.26. The molecule has 2 aromatic rings. The third kappa shape index (κ3) is 4.94. The van der Waals surface area contributed by atoms with Gasteiger partial charge in [0, 0.05) is 24.0 Å². The highest BCUT2D eigenvalue weighted by atomic mass is 16.5. The number of ether oxygens (including phenoxy) is 2. The highest BCUT2D eigenvalue weighted by Gasteiger charge is 2.14. The molecule has 1 atom stereocenters. The van der Waals surface area contributed by atoms with E-state index in [1.165, 1.54) is 6.08 Å². The number of nitrogens with zero attached hydrogens (tertiary/aromatic N) is 2. The van der Waals surface area contributed by atoms with Gasteiger partial charge in [-0.3, -0.25) is 4.79 Å². The predicted molar refractivity (Wildman–Crippen MR) is 96.2 cm³/mol. The number of benzene rings is 1. The molecule has 1 aromatic heterocycles. The smallest absolute Gasteiger partial charge is 0.244 e. The van der Waals surface area contributed by atoms with E-state index in [0.29, 0.717) is 17.1 Å². The molecule has 0 aliphatic carbocycles. The zero-order chi connectivity index (χ0) is 18.2. The maximum absolute atomic E-state index is 12.2. The van der Waals surface area contributed by atoms with Crippen molar-refractivity contribution >= 4 is 17.9 Å².